The fourth-order valence-electron chi connectivity index (χ4n) is 3.21. The lowest BCUT2D eigenvalue weighted by molar-refractivity contribution is 0.480. The number of aromatic amines is 1. The van der Waals surface area contributed by atoms with Crippen molar-refractivity contribution in [2.75, 3.05) is 0 Å². The summed E-state index contributed by atoms with van der Waals surface area (Å²) in [6, 6.07) is 5.92. The van der Waals surface area contributed by atoms with Crippen LogP contribution in [-0.4, -0.2) is 19.7 Å². The maximum atomic E-state index is 12.0. The summed E-state index contributed by atoms with van der Waals surface area (Å²) in [7, 11) is 0. The predicted molar refractivity (Wildman–Crippen MR) is 116 cm³/mol. The van der Waals surface area contributed by atoms with E-state index >= 15 is 0 Å². The van der Waals surface area contributed by atoms with E-state index in [1.54, 1.807) is 12.5 Å². The molecule has 2 aliphatic rings. The third kappa shape index (κ3) is 3.92. The normalized spacial score (nSPS) is 13.0. The highest BCUT2D eigenvalue weighted by atomic mass is 16.5. The van der Waals surface area contributed by atoms with Gasteiger partial charge in [0, 0.05) is 30.1 Å². The molecule has 0 saturated carbocycles. The second-order valence-electron chi connectivity index (χ2n) is 6.28. The Morgan fingerprint density at radius 2 is 2.00 bits per heavy atom. The van der Waals surface area contributed by atoms with Gasteiger partial charge >= 0.3 is 0 Å². The number of aromatic nitrogens is 4. The van der Waals surface area contributed by atoms with E-state index in [2.05, 4.69) is 15.2 Å². The van der Waals surface area contributed by atoms with Crippen LogP contribution in [0.3, 0.4) is 0 Å². The summed E-state index contributed by atoms with van der Waals surface area (Å²) in [6.45, 7) is 8.00. The number of imidazole rings is 1. The van der Waals surface area contributed by atoms with Gasteiger partial charge in [-0.15, -0.1) is 0 Å². The van der Waals surface area contributed by atoms with Gasteiger partial charge in [0.15, 0.2) is 0 Å². The topological polar surface area (TPSA) is 72.8 Å². The molecule has 0 amide bonds. The summed E-state index contributed by atoms with van der Waals surface area (Å²) in [5.41, 5.74) is 2.45. The Labute approximate surface area is 169 Å². The maximum Gasteiger partial charge on any atom is 0.271 e. The predicted octanol–water partition coefficient (Wildman–Crippen LogP) is 3.31. The van der Waals surface area contributed by atoms with E-state index in [1.807, 2.05) is 74.9 Å². The zero-order chi connectivity index (χ0) is 20.8. The van der Waals surface area contributed by atoms with Crippen LogP contribution in [-0.2, 0) is 0 Å². The van der Waals surface area contributed by atoms with Crippen molar-refractivity contribution in [3.8, 4) is 22.7 Å². The van der Waals surface area contributed by atoms with Gasteiger partial charge in [-0.1, -0.05) is 32.1 Å². The lowest BCUT2D eigenvalue weighted by atomic mass is 9.99. The Bertz CT molecular complexity index is 1180. The van der Waals surface area contributed by atoms with Crippen LogP contribution in [0.1, 0.15) is 40.5 Å². The van der Waals surface area contributed by atoms with E-state index in [4.69, 9.17) is 4.74 Å². The van der Waals surface area contributed by atoms with Gasteiger partial charge in [0.1, 0.15) is 17.2 Å². The molecule has 0 spiro atoms. The van der Waals surface area contributed by atoms with Gasteiger partial charge in [0.2, 0.25) is 0 Å². The Morgan fingerprint density at radius 3 is 2.69 bits per heavy atom. The van der Waals surface area contributed by atoms with Gasteiger partial charge in [0.05, 0.1) is 16.8 Å². The highest BCUT2D eigenvalue weighted by molar-refractivity contribution is 5.76. The van der Waals surface area contributed by atoms with E-state index < -0.39 is 0 Å². The number of nitrogens with one attached hydrogen (secondary N) is 1. The number of H-pyrrole nitrogens is 1. The minimum atomic E-state index is -0.168. The number of rotatable bonds is 1. The Kier molecular flexibility index (Phi) is 6.44. The zero-order valence-corrected chi connectivity index (χ0v) is 17.3. The number of nitrogens with zero attached hydrogens (tertiary/aromatic N) is 3. The first kappa shape index (κ1) is 20.3. The van der Waals surface area contributed by atoms with Crippen LogP contribution < -0.4 is 20.7 Å². The van der Waals surface area contributed by atoms with E-state index in [-0.39, 0.29) is 5.56 Å². The number of hydrogen-bond acceptors (Lipinski definition) is 4. The third-order valence-electron chi connectivity index (χ3n) is 4.61. The number of allylic oxidation sites excluding steroid dienone is 2. The van der Waals surface area contributed by atoms with Crippen LogP contribution in [0.2, 0.25) is 0 Å². The third-order valence-corrected chi connectivity index (χ3v) is 4.61. The molecule has 0 bridgehead atoms. The first-order valence-corrected chi connectivity index (χ1v) is 9.93. The first-order valence-electron chi connectivity index (χ1n) is 9.93. The molecule has 2 aromatic heterocycles. The Hall–Kier alpha value is -3.41. The van der Waals surface area contributed by atoms with E-state index in [0.717, 1.165) is 46.5 Å². The van der Waals surface area contributed by atoms with Crippen LogP contribution in [0, 0.1) is 0 Å². The highest BCUT2D eigenvalue weighted by Crippen LogP contribution is 2.34. The van der Waals surface area contributed by atoms with E-state index in [0.29, 0.717) is 5.22 Å². The average molecular weight is 390 g/mol. The summed E-state index contributed by atoms with van der Waals surface area (Å²) < 4.78 is 7.97. The summed E-state index contributed by atoms with van der Waals surface area (Å²) in [4.78, 5) is 16.1. The second kappa shape index (κ2) is 9.19. The monoisotopic (exact) mass is 390 g/mol. The average Bonchev–Trinajstić information content (AvgIpc) is 3.32. The molecule has 1 aliphatic carbocycles. The largest absolute Gasteiger partial charge is 0.460 e. The van der Waals surface area contributed by atoms with Gasteiger partial charge in [-0.25, -0.2) is 10.1 Å². The van der Waals surface area contributed by atoms with Crippen LogP contribution >= 0.6 is 0 Å². The van der Waals surface area contributed by atoms with Crippen molar-refractivity contribution in [2.45, 2.75) is 40.5 Å². The summed E-state index contributed by atoms with van der Waals surface area (Å²) in [5, 5.41) is 8.39. The Morgan fingerprint density at radius 1 is 1.21 bits per heavy atom. The quantitative estimate of drug-likeness (QED) is 0.647. The standard InChI is InChI=1S/C17H12N4O2.C4H8.C2H6/c22-17-11-2-1-3-14-15(11)16(19-20-17)12-8-10(4-5-13(12)23-14)21-7-6-18-9-21;1-3-4-2;1-2/h2,4-9H,1,3H2,(H,20,22);3-4H,1-2H3;1-2H3/b;4-3-;. The second-order valence-corrected chi connectivity index (χ2v) is 6.28. The van der Waals surface area contributed by atoms with Crippen LogP contribution in [0.15, 0.2) is 53.9 Å². The molecule has 0 unspecified atom stereocenters. The molecule has 6 heteroatoms. The van der Waals surface area contributed by atoms with Gasteiger partial charge in [-0.2, -0.15) is 5.10 Å². The number of fused-ring (bicyclic) bond motifs is 2. The van der Waals surface area contributed by atoms with Gasteiger partial charge in [-0.3, -0.25) is 4.79 Å². The smallest absolute Gasteiger partial charge is 0.271 e. The molecule has 1 aromatic carbocycles. The molecular weight excluding hydrogens is 364 g/mol. The molecule has 0 saturated heterocycles. The van der Waals surface area contributed by atoms with Crippen LogP contribution in [0.25, 0.3) is 28.8 Å². The van der Waals surface area contributed by atoms with Crippen molar-refractivity contribution >= 4 is 11.8 Å². The van der Waals surface area contributed by atoms with E-state index in [1.165, 1.54) is 0 Å². The SMILES string of the molecule is C/C=C\C.CC.O=c1[nH]nc2c3c1=CCCC=3Oc1ccc(-n3ccnc3)cc1-2. The highest BCUT2D eigenvalue weighted by Gasteiger charge is 2.23. The zero-order valence-electron chi connectivity index (χ0n) is 17.3. The van der Waals surface area contributed by atoms with Crippen molar-refractivity contribution in [3.63, 3.8) is 0 Å². The Balaban J connectivity index is 0.000000361. The molecular formula is C23H26N4O2. The van der Waals surface area contributed by atoms with Crippen molar-refractivity contribution in [1.82, 2.24) is 19.7 Å². The minimum Gasteiger partial charge on any atom is -0.460 e. The fourth-order valence-corrected chi connectivity index (χ4v) is 3.21. The number of ether oxygens (including phenoxy) is 1. The minimum absolute atomic E-state index is 0.168. The summed E-state index contributed by atoms with van der Waals surface area (Å²) in [5.74, 6) is 1.60. The summed E-state index contributed by atoms with van der Waals surface area (Å²) >= 11 is 0. The molecule has 0 radical (unpaired) electrons. The molecule has 3 heterocycles. The molecule has 5 rings (SSSR count). The van der Waals surface area contributed by atoms with Gasteiger partial charge in [-0.05, 0) is 38.5 Å². The van der Waals surface area contributed by atoms with Crippen molar-refractivity contribution in [1.29, 1.82) is 0 Å². The molecule has 1 aliphatic heterocycles. The number of benzene rings is 1. The van der Waals surface area contributed by atoms with Crippen molar-refractivity contribution < 1.29 is 4.74 Å². The summed E-state index contributed by atoms with van der Waals surface area (Å²) in [6.07, 6.45) is 12.9. The molecule has 29 heavy (non-hydrogen) atoms. The first-order chi connectivity index (χ1) is 14.2. The maximum absolute atomic E-state index is 12.0. The van der Waals surface area contributed by atoms with Crippen molar-refractivity contribution in [2.24, 2.45) is 0 Å². The lowest BCUT2D eigenvalue weighted by Gasteiger charge is -2.22. The lowest BCUT2D eigenvalue weighted by Crippen LogP contribution is -2.47. The van der Waals surface area contributed by atoms with Crippen LogP contribution in [0.5, 0.6) is 5.75 Å². The molecule has 6 nitrogen and oxygen atoms in total. The van der Waals surface area contributed by atoms with Gasteiger partial charge < -0.3 is 9.30 Å². The number of hydrogen-bond donors (Lipinski definition) is 1. The molecule has 0 atom stereocenters. The van der Waals surface area contributed by atoms with Crippen molar-refractivity contribution in [3.05, 3.63) is 69.9 Å². The fraction of sp³-hybridized carbons (Fsp3) is 0.261. The van der Waals surface area contributed by atoms with E-state index in [9.17, 15) is 4.79 Å². The molecule has 3 aromatic rings. The van der Waals surface area contributed by atoms with Gasteiger partial charge in [0.25, 0.3) is 5.56 Å². The van der Waals surface area contributed by atoms with Crippen LogP contribution in [0.4, 0.5) is 0 Å². The molecule has 1 N–H and O–H groups in total. The molecule has 0 fully saturated rings. The molecule has 150 valence electrons.